The first-order valence-corrected chi connectivity index (χ1v) is 5.13. The first-order chi connectivity index (χ1) is 7.54. The van der Waals surface area contributed by atoms with E-state index in [4.69, 9.17) is 5.11 Å². The zero-order valence-electron chi connectivity index (χ0n) is 10.9. The summed E-state index contributed by atoms with van der Waals surface area (Å²) in [6, 6.07) is 0. The van der Waals surface area contributed by atoms with E-state index in [2.05, 4.69) is 25.1 Å². The van der Waals surface area contributed by atoms with Crippen molar-refractivity contribution in [1.82, 2.24) is 0 Å². The minimum absolute atomic E-state index is 0. The van der Waals surface area contributed by atoms with E-state index in [-0.39, 0.29) is 41.0 Å². The van der Waals surface area contributed by atoms with Crippen molar-refractivity contribution in [1.29, 1.82) is 0 Å². The number of amides is 1. The van der Waals surface area contributed by atoms with E-state index in [1.54, 1.807) is 0 Å². The maximum Gasteiger partial charge on any atom is 1.00 e. The Morgan fingerprint density at radius 1 is 1.29 bits per heavy atom. The van der Waals surface area contributed by atoms with Gasteiger partial charge in [-0.1, -0.05) is 19.4 Å². The molecule has 0 unspecified atom stereocenters. The second-order valence-electron chi connectivity index (χ2n) is 3.17. The second-order valence-corrected chi connectivity index (χ2v) is 3.17. The van der Waals surface area contributed by atoms with Gasteiger partial charge < -0.3 is 15.2 Å². The number of carboxylic acids is 1. The first-order valence-electron chi connectivity index (χ1n) is 5.13. The maximum absolute atomic E-state index is 10.5. The summed E-state index contributed by atoms with van der Waals surface area (Å²) in [6.45, 7) is 11.4. The molecule has 0 radical (unpaired) electrons. The van der Waals surface area contributed by atoms with Crippen LogP contribution in [0.1, 0.15) is 32.6 Å². The predicted molar refractivity (Wildman–Crippen MR) is 65.4 cm³/mol. The molecule has 1 aliphatic heterocycles. The zero-order valence-corrected chi connectivity index (χ0v) is 12.9. The third-order valence-corrected chi connectivity index (χ3v) is 1.70. The molecule has 5 heteroatoms. The summed E-state index contributed by atoms with van der Waals surface area (Å²) in [5.74, 6) is -0.836. The summed E-state index contributed by atoms with van der Waals surface area (Å²) in [5.41, 5.74) is 0.176. The van der Waals surface area contributed by atoms with Crippen molar-refractivity contribution in [3.63, 3.8) is 0 Å². The fourth-order valence-corrected chi connectivity index (χ4v) is 0.848. The van der Waals surface area contributed by atoms with Crippen LogP contribution in [0.4, 0.5) is 0 Å². The molecular formula is C12H20NNaO3. The number of carboxylic acid groups (broad SMARTS) is 1. The molecule has 0 atom stereocenters. The van der Waals surface area contributed by atoms with Crippen molar-refractivity contribution < 1.29 is 44.3 Å². The molecule has 1 heterocycles. The van der Waals surface area contributed by atoms with Gasteiger partial charge in [0.1, 0.15) is 0 Å². The van der Waals surface area contributed by atoms with E-state index < -0.39 is 5.97 Å². The van der Waals surface area contributed by atoms with E-state index in [0.29, 0.717) is 6.42 Å². The van der Waals surface area contributed by atoms with Gasteiger partial charge in [-0.2, -0.15) is 0 Å². The molecule has 1 amide bonds. The van der Waals surface area contributed by atoms with Gasteiger partial charge in [0, 0.05) is 5.57 Å². The summed E-state index contributed by atoms with van der Waals surface area (Å²) in [5, 5.41) is 11.7. The molecule has 0 aromatic carbocycles. The minimum Gasteiger partial charge on any atom is -0.653 e. The molecule has 1 saturated heterocycles. The fraction of sp³-hybridized carbons (Fsp3) is 0.500. The molecule has 1 N–H and O–H groups in total. The van der Waals surface area contributed by atoms with Crippen LogP contribution < -0.4 is 29.6 Å². The Labute approximate surface area is 125 Å². The SMILES string of the molecule is C=C.C=C(C)C(=O)O.O=C1CCCCC[N-]1.[Na+]. The van der Waals surface area contributed by atoms with Gasteiger partial charge in [-0.3, -0.25) is 0 Å². The van der Waals surface area contributed by atoms with Gasteiger partial charge in [0.15, 0.2) is 0 Å². The Hall–Kier alpha value is -0.580. The van der Waals surface area contributed by atoms with Crippen molar-refractivity contribution in [2.45, 2.75) is 32.6 Å². The largest absolute Gasteiger partial charge is 1.00 e. The monoisotopic (exact) mass is 249 g/mol. The molecule has 92 valence electrons. The van der Waals surface area contributed by atoms with Crippen LogP contribution >= 0.6 is 0 Å². The Bertz CT molecular complexity index is 220. The van der Waals surface area contributed by atoms with Gasteiger partial charge in [0.2, 0.25) is 0 Å². The van der Waals surface area contributed by atoms with E-state index >= 15 is 0 Å². The normalized spacial score (nSPS) is 13.1. The molecule has 1 aliphatic rings. The molecule has 0 saturated carbocycles. The average molecular weight is 249 g/mol. The van der Waals surface area contributed by atoms with Crippen LogP contribution in [0.25, 0.3) is 5.32 Å². The number of carbonyl (C=O) groups excluding carboxylic acids is 1. The van der Waals surface area contributed by atoms with Gasteiger partial charge in [-0.15, -0.1) is 19.7 Å². The van der Waals surface area contributed by atoms with Crippen molar-refractivity contribution in [2.24, 2.45) is 0 Å². The molecule has 1 fully saturated rings. The van der Waals surface area contributed by atoms with Crippen LogP contribution in [0.15, 0.2) is 25.3 Å². The summed E-state index contributed by atoms with van der Waals surface area (Å²) in [7, 11) is 0. The number of hydrogen-bond acceptors (Lipinski definition) is 2. The van der Waals surface area contributed by atoms with Crippen LogP contribution in [-0.4, -0.2) is 23.5 Å². The van der Waals surface area contributed by atoms with Crippen LogP contribution in [0, 0.1) is 0 Å². The first kappa shape index (κ1) is 21.7. The molecule has 1 rings (SSSR count). The summed E-state index contributed by atoms with van der Waals surface area (Å²) >= 11 is 0. The van der Waals surface area contributed by atoms with Crippen LogP contribution in [0.3, 0.4) is 0 Å². The average Bonchev–Trinajstić information content (AvgIpc) is 2.49. The zero-order chi connectivity index (χ0) is 13.0. The number of rotatable bonds is 1. The van der Waals surface area contributed by atoms with E-state index in [0.717, 1.165) is 19.4 Å². The van der Waals surface area contributed by atoms with Gasteiger partial charge in [-0.05, 0) is 19.8 Å². The Morgan fingerprint density at radius 3 is 2.18 bits per heavy atom. The van der Waals surface area contributed by atoms with Gasteiger partial charge in [0.05, 0.1) is 5.91 Å². The third kappa shape index (κ3) is 18.0. The summed E-state index contributed by atoms with van der Waals surface area (Å²) in [4.78, 5) is 20.1. The van der Waals surface area contributed by atoms with Crippen LogP contribution in [0.5, 0.6) is 0 Å². The summed E-state index contributed by atoms with van der Waals surface area (Å²) < 4.78 is 0. The molecular weight excluding hydrogens is 229 g/mol. The van der Waals surface area contributed by atoms with Crippen molar-refractivity contribution in [3.8, 4) is 0 Å². The predicted octanol–water partition coefficient (Wildman–Crippen LogP) is -0.0860. The van der Waals surface area contributed by atoms with Crippen molar-refractivity contribution in [2.75, 3.05) is 6.54 Å². The quantitative estimate of drug-likeness (QED) is 0.401. The van der Waals surface area contributed by atoms with E-state index in [1.807, 2.05) is 0 Å². The van der Waals surface area contributed by atoms with Crippen molar-refractivity contribution in [3.05, 3.63) is 30.6 Å². The van der Waals surface area contributed by atoms with Gasteiger partial charge >= 0.3 is 35.5 Å². The van der Waals surface area contributed by atoms with E-state index in [9.17, 15) is 9.59 Å². The van der Waals surface area contributed by atoms with Gasteiger partial charge in [0.25, 0.3) is 0 Å². The van der Waals surface area contributed by atoms with Crippen LogP contribution in [0.2, 0.25) is 0 Å². The number of hydrogen-bond donors (Lipinski definition) is 1. The molecule has 0 aromatic heterocycles. The van der Waals surface area contributed by atoms with Crippen LogP contribution in [-0.2, 0) is 9.59 Å². The second kappa shape index (κ2) is 15.4. The Morgan fingerprint density at radius 2 is 1.76 bits per heavy atom. The summed E-state index contributed by atoms with van der Waals surface area (Å²) in [6.07, 6.45) is 4.00. The molecule has 0 bridgehead atoms. The Balaban J connectivity index is -0.000000197. The Kier molecular flexibility index (Phi) is 19.7. The van der Waals surface area contributed by atoms with E-state index in [1.165, 1.54) is 13.3 Å². The molecule has 0 aromatic rings. The number of carbonyl (C=O) groups is 2. The smallest absolute Gasteiger partial charge is 0.653 e. The minimum atomic E-state index is -0.935. The molecule has 17 heavy (non-hydrogen) atoms. The van der Waals surface area contributed by atoms with Gasteiger partial charge in [-0.25, -0.2) is 4.79 Å². The topological polar surface area (TPSA) is 68.5 Å². The maximum atomic E-state index is 10.5. The third-order valence-electron chi connectivity index (χ3n) is 1.70. The molecule has 0 spiro atoms. The van der Waals surface area contributed by atoms with Crippen molar-refractivity contribution >= 4 is 11.9 Å². The standard InChI is InChI=1S/C6H11NO.C4H6O2.C2H4.Na/c8-6-4-2-1-3-5-7-6;1-3(2)4(5)6;1-2;/h1-5H2,(H,7,8);1H2,2H3,(H,5,6);1-2H2;/q;;;+1/p-1. The number of nitrogens with zero attached hydrogens (tertiary/aromatic N) is 1. The molecule has 4 nitrogen and oxygen atoms in total. The number of aliphatic carboxylic acids is 1. The molecule has 0 aliphatic carbocycles. The fourth-order valence-electron chi connectivity index (χ4n) is 0.848.